The second kappa shape index (κ2) is 7.62. The lowest BCUT2D eigenvalue weighted by molar-refractivity contribution is 0.0916. The molecule has 1 aromatic carbocycles. The third-order valence-electron chi connectivity index (χ3n) is 2.22. The number of ether oxygens (including phenoxy) is 2. The minimum atomic E-state index is -0.616. The summed E-state index contributed by atoms with van der Waals surface area (Å²) in [6, 6.07) is 4.08. The summed E-state index contributed by atoms with van der Waals surface area (Å²) in [7, 11) is 1.43. The van der Waals surface area contributed by atoms with Gasteiger partial charge in [-0.15, -0.1) is 0 Å². The fraction of sp³-hybridized carbons (Fsp3) is 0.417. The van der Waals surface area contributed by atoms with Gasteiger partial charge in [0.05, 0.1) is 25.9 Å². The van der Waals surface area contributed by atoms with Crippen molar-refractivity contribution in [1.29, 1.82) is 0 Å². The van der Waals surface area contributed by atoms with Crippen LogP contribution in [-0.2, 0) is 4.74 Å². The van der Waals surface area contributed by atoms with Crippen molar-refractivity contribution in [1.82, 2.24) is 5.32 Å². The first-order valence-electron chi connectivity index (χ1n) is 5.58. The second-order valence-electron chi connectivity index (χ2n) is 3.50. The number of nitrogens with one attached hydrogen (secondary N) is 1. The van der Waals surface area contributed by atoms with Gasteiger partial charge in [-0.2, -0.15) is 0 Å². The van der Waals surface area contributed by atoms with E-state index in [9.17, 15) is 9.18 Å². The lowest BCUT2D eigenvalue weighted by atomic mass is 10.2. The number of amides is 1. The minimum Gasteiger partial charge on any atom is -0.497 e. The topological polar surface area (TPSA) is 73.6 Å². The van der Waals surface area contributed by atoms with E-state index in [-0.39, 0.29) is 5.56 Å². The van der Waals surface area contributed by atoms with E-state index in [1.54, 1.807) is 0 Å². The Bertz CT molecular complexity index is 399. The Morgan fingerprint density at radius 2 is 2.22 bits per heavy atom. The molecule has 0 bridgehead atoms. The van der Waals surface area contributed by atoms with Gasteiger partial charge in [-0.25, -0.2) is 4.39 Å². The number of methoxy groups -OCH3 is 1. The quantitative estimate of drug-likeness (QED) is 0.698. The summed E-state index contributed by atoms with van der Waals surface area (Å²) < 4.78 is 23.5. The van der Waals surface area contributed by atoms with Gasteiger partial charge < -0.3 is 20.5 Å². The molecule has 100 valence electrons. The third-order valence-corrected chi connectivity index (χ3v) is 2.22. The predicted octanol–water partition coefficient (Wildman–Crippen LogP) is 0.539. The van der Waals surface area contributed by atoms with Crippen LogP contribution in [0.15, 0.2) is 18.2 Å². The summed E-state index contributed by atoms with van der Waals surface area (Å²) in [6.07, 6.45) is 0. The Morgan fingerprint density at radius 3 is 2.83 bits per heavy atom. The van der Waals surface area contributed by atoms with Crippen molar-refractivity contribution in [3.8, 4) is 5.75 Å². The number of benzene rings is 1. The summed E-state index contributed by atoms with van der Waals surface area (Å²) >= 11 is 0. The third kappa shape index (κ3) is 4.31. The van der Waals surface area contributed by atoms with Crippen molar-refractivity contribution in [2.45, 2.75) is 0 Å². The van der Waals surface area contributed by atoms with Crippen molar-refractivity contribution < 1.29 is 18.7 Å². The van der Waals surface area contributed by atoms with E-state index < -0.39 is 11.7 Å². The molecule has 1 amide bonds. The van der Waals surface area contributed by atoms with Crippen LogP contribution >= 0.6 is 0 Å². The highest BCUT2D eigenvalue weighted by atomic mass is 19.1. The normalized spacial score (nSPS) is 10.2. The molecule has 0 fully saturated rings. The maximum atomic E-state index is 13.5. The van der Waals surface area contributed by atoms with E-state index in [2.05, 4.69) is 5.32 Å². The molecule has 3 N–H and O–H groups in total. The fourth-order valence-electron chi connectivity index (χ4n) is 1.32. The lowest BCUT2D eigenvalue weighted by Gasteiger charge is -2.07. The zero-order valence-corrected chi connectivity index (χ0v) is 10.2. The summed E-state index contributed by atoms with van der Waals surface area (Å²) in [5.74, 6) is -0.725. The van der Waals surface area contributed by atoms with Gasteiger partial charge in [-0.05, 0) is 12.1 Å². The Balaban J connectivity index is 2.46. The highest BCUT2D eigenvalue weighted by molar-refractivity contribution is 5.94. The summed E-state index contributed by atoms with van der Waals surface area (Å²) in [5, 5.41) is 2.55. The SMILES string of the molecule is COc1ccc(C(=O)NCCOCCN)c(F)c1. The summed E-state index contributed by atoms with van der Waals surface area (Å²) in [6.45, 7) is 1.53. The molecule has 0 unspecified atom stereocenters. The average Bonchev–Trinajstić information content (AvgIpc) is 2.38. The molecule has 1 aromatic rings. The van der Waals surface area contributed by atoms with E-state index in [0.717, 1.165) is 0 Å². The summed E-state index contributed by atoms with van der Waals surface area (Å²) in [4.78, 5) is 11.6. The van der Waals surface area contributed by atoms with Crippen LogP contribution in [0.25, 0.3) is 0 Å². The van der Waals surface area contributed by atoms with Crippen LogP contribution in [0.5, 0.6) is 5.75 Å². The second-order valence-corrected chi connectivity index (χ2v) is 3.50. The number of hydrogen-bond donors (Lipinski definition) is 2. The number of hydrogen-bond acceptors (Lipinski definition) is 4. The minimum absolute atomic E-state index is 0.0189. The van der Waals surface area contributed by atoms with E-state index in [0.29, 0.717) is 32.1 Å². The molecule has 0 heterocycles. The molecule has 0 saturated carbocycles. The van der Waals surface area contributed by atoms with Crippen LogP contribution in [0, 0.1) is 5.82 Å². The standard InChI is InChI=1S/C12H17FN2O3/c1-17-9-2-3-10(11(13)8-9)12(16)15-5-7-18-6-4-14/h2-3,8H,4-7,14H2,1H3,(H,15,16). The fourth-order valence-corrected chi connectivity index (χ4v) is 1.32. The molecule has 0 atom stereocenters. The molecule has 1 rings (SSSR count). The van der Waals surface area contributed by atoms with Gasteiger partial charge in [0, 0.05) is 19.2 Å². The van der Waals surface area contributed by atoms with Crippen molar-refractivity contribution in [2.75, 3.05) is 33.4 Å². The van der Waals surface area contributed by atoms with Crippen LogP contribution in [0.2, 0.25) is 0 Å². The largest absolute Gasteiger partial charge is 0.497 e. The maximum absolute atomic E-state index is 13.5. The van der Waals surface area contributed by atoms with Gasteiger partial charge in [0.25, 0.3) is 5.91 Å². The number of carbonyl (C=O) groups is 1. The number of nitrogens with two attached hydrogens (primary N) is 1. The van der Waals surface area contributed by atoms with Gasteiger partial charge >= 0.3 is 0 Å². The number of rotatable bonds is 7. The molecule has 0 aliphatic rings. The van der Waals surface area contributed by atoms with Crippen LogP contribution < -0.4 is 15.8 Å². The van der Waals surface area contributed by atoms with E-state index >= 15 is 0 Å². The predicted molar refractivity (Wildman–Crippen MR) is 65.2 cm³/mol. The lowest BCUT2D eigenvalue weighted by Crippen LogP contribution is -2.28. The van der Waals surface area contributed by atoms with Gasteiger partial charge in [0.15, 0.2) is 0 Å². The van der Waals surface area contributed by atoms with Crippen molar-refractivity contribution in [2.24, 2.45) is 5.73 Å². The molecular weight excluding hydrogens is 239 g/mol. The van der Waals surface area contributed by atoms with Gasteiger partial charge in [0.2, 0.25) is 0 Å². The highest BCUT2D eigenvalue weighted by Crippen LogP contribution is 2.15. The first kappa shape index (κ1) is 14.4. The zero-order chi connectivity index (χ0) is 13.4. The van der Waals surface area contributed by atoms with Crippen LogP contribution in [0.1, 0.15) is 10.4 Å². The van der Waals surface area contributed by atoms with Crippen molar-refractivity contribution in [3.63, 3.8) is 0 Å². The molecule has 0 spiro atoms. The molecule has 0 aliphatic heterocycles. The number of halogens is 1. The van der Waals surface area contributed by atoms with Gasteiger partial charge in [-0.1, -0.05) is 0 Å². The molecule has 5 nitrogen and oxygen atoms in total. The Labute approximate surface area is 105 Å². The Kier molecular flexibility index (Phi) is 6.10. The van der Waals surface area contributed by atoms with Crippen molar-refractivity contribution >= 4 is 5.91 Å². The maximum Gasteiger partial charge on any atom is 0.254 e. The van der Waals surface area contributed by atoms with E-state index in [1.165, 1.54) is 25.3 Å². The van der Waals surface area contributed by atoms with Crippen LogP contribution in [0.3, 0.4) is 0 Å². The van der Waals surface area contributed by atoms with Gasteiger partial charge in [0.1, 0.15) is 11.6 Å². The first-order valence-corrected chi connectivity index (χ1v) is 5.58. The van der Waals surface area contributed by atoms with E-state index in [4.69, 9.17) is 15.2 Å². The van der Waals surface area contributed by atoms with Crippen molar-refractivity contribution in [3.05, 3.63) is 29.6 Å². The molecule has 6 heteroatoms. The first-order chi connectivity index (χ1) is 8.69. The summed E-state index contributed by atoms with van der Waals surface area (Å²) in [5.41, 5.74) is 5.22. The molecule has 18 heavy (non-hydrogen) atoms. The van der Waals surface area contributed by atoms with Gasteiger partial charge in [-0.3, -0.25) is 4.79 Å². The van der Waals surface area contributed by atoms with Crippen LogP contribution in [-0.4, -0.2) is 39.3 Å². The van der Waals surface area contributed by atoms with E-state index in [1.807, 2.05) is 0 Å². The molecule has 0 aliphatic carbocycles. The molecule has 0 aromatic heterocycles. The van der Waals surface area contributed by atoms with Crippen LogP contribution in [0.4, 0.5) is 4.39 Å². The Morgan fingerprint density at radius 1 is 1.44 bits per heavy atom. The molecular formula is C12H17FN2O3. The highest BCUT2D eigenvalue weighted by Gasteiger charge is 2.11. The Hall–Kier alpha value is -1.66. The zero-order valence-electron chi connectivity index (χ0n) is 10.2. The average molecular weight is 256 g/mol. The molecule has 0 saturated heterocycles. The monoisotopic (exact) mass is 256 g/mol. The smallest absolute Gasteiger partial charge is 0.254 e. The number of carbonyl (C=O) groups excluding carboxylic acids is 1. The molecule has 0 radical (unpaired) electrons.